The van der Waals surface area contributed by atoms with Crippen LogP contribution in [0.3, 0.4) is 0 Å². The molecule has 2 N–H and O–H groups in total. The molecule has 2 aromatic heterocycles. The average molecular weight is 487 g/mol. The maximum Gasteiger partial charge on any atom is 0.289 e. The van der Waals surface area contributed by atoms with Gasteiger partial charge in [0.2, 0.25) is 11.8 Å². The number of hydrogen-bond acceptors (Lipinski definition) is 8. The second-order valence-corrected chi connectivity index (χ2v) is 9.86. The number of amides is 4. The average Bonchev–Trinajstić information content (AvgIpc) is 3.50. The van der Waals surface area contributed by atoms with Crippen LogP contribution in [-0.4, -0.2) is 38.6 Å². The largest absolute Gasteiger partial charge is 0.351 e. The lowest BCUT2D eigenvalue weighted by atomic mass is 10.1. The summed E-state index contributed by atoms with van der Waals surface area (Å²) in [4.78, 5) is 55.0. The van der Waals surface area contributed by atoms with Gasteiger partial charge < -0.3 is 5.32 Å². The van der Waals surface area contributed by atoms with Crippen LogP contribution < -0.4 is 10.6 Å². The fourth-order valence-corrected chi connectivity index (χ4v) is 5.38. The van der Waals surface area contributed by atoms with Crippen LogP contribution in [-0.2, 0) is 22.7 Å². The molecule has 32 heavy (non-hydrogen) atoms. The molecule has 11 heteroatoms. The lowest BCUT2D eigenvalue weighted by Gasteiger charge is -2.13. The number of imide groups is 1. The molecule has 0 saturated carbocycles. The smallest absolute Gasteiger partial charge is 0.289 e. The Kier molecular flexibility index (Phi) is 6.68. The van der Waals surface area contributed by atoms with Gasteiger partial charge in [-0.05, 0) is 29.8 Å². The first-order valence-electron chi connectivity index (χ1n) is 9.55. The Hall–Kier alpha value is -3.02. The molecule has 3 aromatic rings. The molecule has 1 saturated heterocycles. The molecule has 0 radical (unpaired) electrons. The molecule has 164 valence electrons. The number of rotatable bonds is 7. The minimum atomic E-state index is -0.321. The third-order valence-corrected chi connectivity index (χ3v) is 7.24. The van der Waals surface area contributed by atoms with Crippen LogP contribution in [0.2, 0.25) is 0 Å². The van der Waals surface area contributed by atoms with Crippen LogP contribution in [0.1, 0.15) is 27.7 Å². The Morgan fingerprint density at radius 2 is 2.03 bits per heavy atom. The van der Waals surface area contributed by atoms with Crippen molar-refractivity contribution in [1.82, 2.24) is 15.2 Å². The van der Waals surface area contributed by atoms with Crippen LogP contribution in [0.15, 0.2) is 41.8 Å². The highest BCUT2D eigenvalue weighted by Crippen LogP contribution is 2.31. The Balaban J connectivity index is 1.41. The zero-order valence-corrected chi connectivity index (χ0v) is 19.4. The molecular weight excluding hydrogens is 468 g/mol. The van der Waals surface area contributed by atoms with E-state index in [0.717, 1.165) is 27.2 Å². The predicted octanol–water partition coefficient (Wildman–Crippen LogP) is 3.96. The number of nitrogens with zero attached hydrogens (tertiary/aromatic N) is 2. The van der Waals surface area contributed by atoms with E-state index in [9.17, 15) is 19.2 Å². The predicted molar refractivity (Wildman–Crippen MR) is 126 cm³/mol. The summed E-state index contributed by atoms with van der Waals surface area (Å²) in [7, 11) is 0. The number of thiazole rings is 1. The first-order chi connectivity index (χ1) is 15.4. The van der Waals surface area contributed by atoms with Gasteiger partial charge >= 0.3 is 0 Å². The topological polar surface area (TPSA) is 108 Å². The van der Waals surface area contributed by atoms with Gasteiger partial charge in [0.15, 0.2) is 5.13 Å². The maximum atomic E-state index is 12.7. The van der Waals surface area contributed by atoms with Gasteiger partial charge in [-0.15, -0.1) is 22.7 Å². The number of nitrogens with one attached hydrogen (secondary N) is 2. The van der Waals surface area contributed by atoms with Crippen molar-refractivity contribution in [2.24, 2.45) is 0 Å². The highest BCUT2D eigenvalue weighted by atomic mass is 32.2. The molecule has 1 fully saturated rings. The van der Waals surface area contributed by atoms with Crippen molar-refractivity contribution < 1.29 is 19.2 Å². The van der Waals surface area contributed by atoms with Gasteiger partial charge in [0.05, 0.1) is 29.4 Å². The zero-order chi connectivity index (χ0) is 22.7. The van der Waals surface area contributed by atoms with Gasteiger partial charge in [-0.2, -0.15) is 0 Å². The molecule has 1 aliphatic rings. The van der Waals surface area contributed by atoms with Crippen LogP contribution in [0, 0.1) is 0 Å². The van der Waals surface area contributed by atoms with Crippen LogP contribution in [0.4, 0.5) is 9.93 Å². The fraction of sp³-hybridized carbons (Fsp3) is 0.190. The molecule has 3 heterocycles. The summed E-state index contributed by atoms with van der Waals surface area (Å²) in [5.41, 5.74) is 1.87. The molecule has 0 unspecified atom stereocenters. The van der Waals surface area contributed by atoms with Crippen molar-refractivity contribution in [3.63, 3.8) is 0 Å². The Morgan fingerprint density at radius 1 is 1.19 bits per heavy atom. The minimum absolute atomic E-state index is 0.0832. The molecule has 8 nitrogen and oxygen atoms in total. The first-order valence-corrected chi connectivity index (χ1v) is 12.2. The van der Waals surface area contributed by atoms with E-state index in [2.05, 4.69) is 15.6 Å². The monoisotopic (exact) mass is 486 g/mol. The quantitative estimate of drug-likeness (QED) is 0.523. The highest BCUT2D eigenvalue weighted by molar-refractivity contribution is 8.14. The summed E-state index contributed by atoms with van der Waals surface area (Å²) in [5.74, 6) is -0.470. The SMILES string of the molecule is CC(=O)NCc1ccc(-c2csc(NC(=O)c3cccc(CN4C(=O)CSC4=O)c3)n2)s1. The lowest BCUT2D eigenvalue weighted by Crippen LogP contribution is -2.28. The molecule has 0 aliphatic carbocycles. The van der Waals surface area contributed by atoms with Gasteiger partial charge in [-0.25, -0.2) is 4.98 Å². The third-order valence-electron chi connectivity index (χ3n) is 4.52. The van der Waals surface area contributed by atoms with Gasteiger partial charge in [-0.1, -0.05) is 23.9 Å². The van der Waals surface area contributed by atoms with Gasteiger partial charge in [0.25, 0.3) is 11.1 Å². The Morgan fingerprint density at radius 3 is 2.78 bits per heavy atom. The Labute approximate surface area is 196 Å². The summed E-state index contributed by atoms with van der Waals surface area (Å²) in [6, 6.07) is 10.7. The van der Waals surface area contributed by atoms with E-state index < -0.39 is 0 Å². The van der Waals surface area contributed by atoms with E-state index in [1.165, 1.54) is 34.5 Å². The number of carbonyl (C=O) groups excluding carboxylic acids is 4. The molecule has 0 atom stereocenters. The van der Waals surface area contributed by atoms with Crippen LogP contribution >= 0.6 is 34.4 Å². The highest BCUT2D eigenvalue weighted by Gasteiger charge is 2.29. The van der Waals surface area contributed by atoms with Crippen molar-refractivity contribution in [2.75, 3.05) is 11.1 Å². The number of thioether (sulfide) groups is 1. The summed E-state index contributed by atoms with van der Waals surface area (Å²) in [6.45, 7) is 2.09. The lowest BCUT2D eigenvalue weighted by molar-refractivity contribution is -0.125. The van der Waals surface area contributed by atoms with E-state index in [0.29, 0.717) is 22.8 Å². The molecule has 4 rings (SSSR count). The van der Waals surface area contributed by atoms with Crippen molar-refractivity contribution in [1.29, 1.82) is 0 Å². The molecule has 4 amide bonds. The summed E-state index contributed by atoms with van der Waals surface area (Å²) in [6.07, 6.45) is 0. The summed E-state index contributed by atoms with van der Waals surface area (Å²) in [5, 5.41) is 7.62. The van der Waals surface area contributed by atoms with Crippen molar-refractivity contribution >= 4 is 62.5 Å². The zero-order valence-electron chi connectivity index (χ0n) is 16.9. The fourth-order valence-electron chi connectivity index (χ4n) is 2.96. The van der Waals surface area contributed by atoms with E-state index in [4.69, 9.17) is 0 Å². The number of thiophene rings is 1. The van der Waals surface area contributed by atoms with Gasteiger partial charge in [-0.3, -0.25) is 29.4 Å². The number of hydrogen-bond donors (Lipinski definition) is 2. The summed E-state index contributed by atoms with van der Waals surface area (Å²) >= 11 is 3.83. The number of benzene rings is 1. The normalized spacial score (nSPS) is 13.5. The molecule has 1 aliphatic heterocycles. The third kappa shape index (κ3) is 5.23. The second kappa shape index (κ2) is 9.63. The minimum Gasteiger partial charge on any atom is -0.351 e. The molecular formula is C21H18N4O4S3. The van der Waals surface area contributed by atoms with Crippen molar-refractivity contribution in [2.45, 2.75) is 20.0 Å². The van der Waals surface area contributed by atoms with Gasteiger partial charge in [0.1, 0.15) is 0 Å². The summed E-state index contributed by atoms with van der Waals surface area (Å²) < 4.78 is 0. The first kappa shape index (κ1) is 22.2. The molecule has 0 spiro atoms. The second-order valence-electron chi connectivity index (χ2n) is 6.90. The van der Waals surface area contributed by atoms with E-state index >= 15 is 0 Å². The van der Waals surface area contributed by atoms with E-state index in [1.54, 1.807) is 24.3 Å². The van der Waals surface area contributed by atoms with Crippen molar-refractivity contribution in [3.05, 3.63) is 57.8 Å². The molecule has 0 bridgehead atoms. The van der Waals surface area contributed by atoms with Crippen molar-refractivity contribution in [3.8, 4) is 10.6 Å². The number of anilines is 1. The molecule has 1 aromatic carbocycles. The van der Waals surface area contributed by atoms with Crippen LogP contribution in [0.25, 0.3) is 10.6 Å². The van der Waals surface area contributed by atoms with Gasteiger partial charge in [0, 0.05) is 22.7 Å². The standard InChI is InChI=1S/C21H18N4O4S3/c1-12(26)22-8-15-5-6-17(32-15)16-10-30-20(23-16)24-19(28)14-4-2-3-13(7-14)9-25-18(27)11-31-21(25)29/h2-7,10H,8-9,11H2,1H3,(H,22,26)(H,23,24,28). The van der Waals surface area contributed by atoms with E-state index in [-0.39, 0.29) is 35.3 Å². The van der Waals surface area contributed by atoms with Crippen LogP contribution in [0.5, 0.6) is 0 Å². The van der Waals surface area contributed by atoms with E-state index in [1.807, 2.05) is 17.5 Å². The Bertz CT molecular complexity index is 1190. The number of aromatic nitrogens is 1. The maximum absolute atomic E-state index is 12.7. The number of carbonyl (C=O) groups is 4.